The number of aromatic nitrogens is 1. The van der Waals surface area contributed by atoms with E-state index in [1.54, 1.807) is 10.8 Å². The van der Waals surface area contributed by atoms with Crippen molar-refractivity contribution < 1.29 is 14.8 Å². The molecule has 0 fully saturated rings. The zero-order valence-corrected chi connectivity index (χ0v) is 18.3. The van der Waals surface area contributed by atoms with Crippen molar-refractivity contribution in [2.24, 2.45) is 0 Å². The van der Waals surface area contributed by atoms with Gasteiger partial charge in [-0.3, -0.25) is 0 Å². The number of pyridine rings is 1. The lowest BCUT2D eigenvalue weighted by atomic mass is 10.1. The zero-order chi connectivity index (χ0) is 21.7. The Hall–Kier alpha value is -3.02. The Bertz CT molecular complexity index is 1090. The fourth-order valence-corrected chi connectivity index (χ4v) is 3.50. The van der Waals surface area contributed by atoms with Crippen LogP contribution in [0.2, 0.25) is 0 Å². The van der Waals surface area contributed by atoms with Crippen LogP contribution >= 0.6 is 12.2 Å². The van der Waals surface area contributed by atoms with Crippen molar-refractivity contribution in [2.45, 2.75) is 33.8 Å². The van der Waals surface area contributed by atoms with Gasteiger partial charge in [0.1, 0.15) is 0 Å². The monoisotopic (exact) mass is 419 g/mol. The molecule has 3 aromatic rings. The summed E-state index contributed by atoms with van der Waals surface area (Å²) >= 11 is 5.73. The van der Waals surface area contributed by atoms with E-state index >= 15 is 0 Å². The van der Waals surface area contributed by atoms with Gasteiger partial charge in [0.25, 0.3) is 5.70 Å². The Morgan fingerprint density at radius 1 is 1.03 bits per heavy atom. The van der Waals surface area contributed by atoms with Crippen LogP contribution in [-0.2, 0) is 13.0 Å². The van der Waals surface area contributed by atoms with E-state index in [1.807, 2.05) is 74.6 Å². The summed E-state index contributed by atoms with van der Waals surface area (Å²) in [5, 5.41) is 24.1. The Kier molecular flexibility index (Phi) is 6.98. The third kappa shape index (κ3) is 4.93. The number of aliphatic hydroxyl groups is 2. The number of hydrogen-bond donors (Lipinski definition) is 3. The van der Waals surface area contributed by atoms with Gasteiger partial charge < -0.3 is 15.5 Å². The molecule has 2 aromatic carbocycles. The Morgan fingerprint density at radius 3 is 2.43 bits per heavy atom. The molecule has 0 aliphatic carbocycles. The lowest BCUT2D eigenvalue weighted by Gasteiger charge is -2.13. The van der Waals surface area contributed by atoms with E-state index in [4.69, 9.17) is 12.2 Å². The smallest absolute Gasteiger partial charge is 0.288 e. The highest BCUT2D eigenvalue weighted by molar-refractivity contribution is 7.81. The molecule has 0 aliphatic rings. The second-order valence-electron chi connectivity index (χ2n) is 7.30. The average Bonchev–Trinajstić information content (AvgIpc) is 2.76. The molecule has 0 amide bonds. The molecule has 0 spiro atoms. The molecular weight excluding hydrogens is 392 g/mol. The van der Waals surface area contributed by atoms with Crippen LogP contribution in [-0.4, -0.2) is 15.2 Å². The highest BCUT2D eigenvalue weighted by Gasteiger charge is 2.24. The van der Waals surface area contributed by atoms with Gasteiger partial charge in [-0.15, -0.1) is 0 Å². The van der Waals surface area contributed by atoms with Gasteiger partial charge in [0, 0.05) is 22.9 Å². The predicted molar refractivity (Wildman–Crippen MR) is 126 cm³/mol. The normalized spacial score (nSPS) is 11.7. The number of nitrogens with zero attached hydrogens (tertiary/aromatic N) is 1. The first-order valence-electron chi connectivity index (χ1n) is 9.95. The molecular formula is C25H27N2O2S+. The van der Waals surface area contributed by atoms with Crippen molar-refractivity contribution in [3.8, 4) is 0 Å². The maximum atomic E-state index is 11.2. The van der Waals surface area contributed by atoms with Crippen molar-refractivity contribution in [3.05, 3.63) is 94.8 Å². The van der Waals surface area contributed by atoms with E-state index in [0.717, 1.165) is 28.8 Å². The molecule has 0 bridgehead atoms. The minimum absolute atomic E-state index is 0.0700. The molecule has 5 heteroatoms. The first kappa shape index (κ1) is 21.7. The van der Waals surface area contributed by atoms with Crippen LogP contribution in [0.3, 0.4) is 0 Å². The topological polar surface area (TPSA) is 56.4 Å². The summed E-state index contributed by atoms with van der Waals surface area (Å²) in [4.78, 5) is 0.390. The van der Waals surface area contributed by atoms with Crippen LogP contribution in [0.15, 0.2) is 67.0 Å². The first-order chi connectivity index (χ1) is 14.4. The highest BCUT2D eigenvalue weighted by atomic mass is 32.1. The van der Waals surface area contributed by atoms with E-state index in [0.29, 0.717) is 16.2 Å². The molecule has 0 radical (unpaired) electrons. The van der Waals surface area contributed by atoms with E-state index in [2.05, 4.69) is 12.2 Å². The summed E-state index contributed by atoms with van der Waals surface area (Å²) in [6.45, 7) is 6.03. The maximum Gasteiger partial charge on any atom is 0.288 e. The summed E-state index contributed by atoms with van der Waals surface area (Å²) in [6.07, 6.45) is 4.50. The van der Waals surface area contributed by atoms with Crippen LogP contribution < -0.4 is 9.88 Å². The number of aryl methyl sites for hydroxylation is 3. The molecule has 1 aromatic heterocycles. The van der Waals surface area contributed by atoms with Gasteiger partial charge in [-0.2, -0.15) is 4.57 Å². The standard InChI is InChI=1S/C25H26N2O2S/c1-4-19-9-11-21(12-10-19)24(29)23(27-13-5-6-20(15-27)16-28)25(30)26-22-14-17(2)7-8-18(22)3/h5-15,28H,4,16H2,1-3H3,(H-,26,29,30)/p+1. The average molecular weight is 420 g/mol. The van der Waals surface area contributed by atoms with Gasteiger partial charge in [-0.25, -0.2) is 0 Å². The molecule has 0 saturated carbocycles. The van der Waals surface area contributed by atoms with E-state index < -0.39 is 0 Å². The van der Waals surface area contributed by atoms with Gasteiger partial charge in [0.2, 0.25) is 0 Å². The molecule has 30 heavy (non-hydrogen) atoms. The number of hydrogen-bond acceptors (Lipinski definition) is 3. The van der Waals surface area contributed by atoms with Gasteiger partial charge in [0.05, 0.1) is 6.61 Å². The van der Waals surface area contributed by atoms with E-state index in [9.17, 15) is 10.2 Å². The molecule has 0 atom stereocenters. The number of aliphatic hydroxyl groups excluding tert-OH is 2. The summed E-state index contributed by atoms with van der Waals surface area (Å²) in [7, 11) is 0. The van der Waals surface area contributed by atoms with E-state index in [-0.39, 0.29) is 12.4 Å². The summed E-state index contributed by atoms with van der Waals surface area (Å²) in [5.41, 5.74) is 6.11. The van der Waals surface area contributed by atoms with Crippen LogP contribution in [0.4, 0.5) is 5.69 Å². The lowest BCUT2D eigenvalue weighted by Crippen LogP contribution is -2.39. The molecule has 0 aliphatic heterocycles. The summed E-state index contributed by atoms with van der Waals surface area (Å²) in [6, 6.07) is 17.5. The highest BCUT2D eigenvalue weighted by Crippen LogP contribution is 2.22. The second-order valence-corrected chi connectivity index (χ2v) is 7.71. The zero-order valence-electron chi connectivity index (χ0n) is 17.5. The predicted octanol–water partition coefficient (Wildman–Crippen LogP) is 4.97. The van der Waals surface area contributed by atoms with Crippen LogP contribution in [0, 0.1) is 13.8 Å². The largest absolute Gasteiger partial charge is 0.502 e. The van der Waals surface area contributed by atoms with Gasteiger partial charge in [-0.05, 0) is 49.1 Å². The number of rotatable bonds is 6. The SMILES string of the molecule is CCc1ccc(C(O)=C(C(=S)Nc2cc(C)ccc2C)[n+]2cccc(CO)c2)cc1. The second kappa shape index (κ2) is 9.65. The number of anilines is 1. The van der Waals surface area contributed by atoms with Gasteiger partial charge >= 0.3 is 0 Å². The van der Waals surface area contributed by atoms with Crippen molar-refractivity contribution in [2.75, 3.05) is 5.32 Å². The van der Waals surface area contributed by atoms with Crippen molar-refractivity contribution in [1.29, 1.82) is 0 Å². The van der Waals surface area contributed by atoms with E-state index in [1.165, 1.54) is 5.56 Å². The third-order valence-corrected chi connectivity index (χ3v) is 5.31. The summed E-state index contributed by atoms with van der Waals surface area (Å²) < 4.78 is 1.75. The third-order valence-electron chi connectivity index (χ3n) is 5.02. The Balaban J connectivity index is 2.10. The van der Waals surface area contributed by atoms with Crippen molar-refractivity contribution in [1.82, 2.24) is 0 Å². The molecule has 3 rings (SSSR count). The number of nitrogens with one attached hydrogen (secondary N) is 1. The Labute approximate surface area is 183 Å². The van der Waals surface area contributed by atoms with Gasteiger partial charge in [0.15, 0.2) is 23.1 Å². The number of benzene rings is 2. The van der Waals surface area contributed by atoms with Crippen LogP contribution in [0.25, 0.3) is 11.5 Å². The summed E-state index contributed by atoms with van der Waals surface area (Å²) in [5.74, 6) is 0.0700. The molecule has 3 N–H and O–H groups in total. The minimum Gasteiger partial charge on any atom is -0.502 e. The van der Waals surface area contributed by atoms with Crippen LogP contribution in [0.5, 0.6) is 0 Å². The fraction of sp³-hybridized carbons (Fsp3) is 0.200. The molecule has 4 nitrogen and oxygen atoms in total. The maximum absolute atomic E-state index is 11.2. The van der Waals surface area contributed by atoms with Crippen LogP contribution in [0.1, 0.15) is 34.7 Å². The fourth-order valence-electron chi connectivity index (χ4n) is 3.19. The lowest BCUT2D eigenvalue weighted by molar-refractivity contribution is -0.576. The molecule has 0 saturated heterocycles. The van der Waals surface area contributed by atoms with Gasteiger partial charge in [-0.1, -0.05) is 55.5 Å². The minimum atomic E-state index is -0.0999. The molecule has 1 heterocycles. The first-order valence-corrected chi connectivity index (χ1v) is 10.4. The van der Waals surface area contributed by atoms with Crippen molar-refractivity contribution >= 4 is 34.3 Å². The number of thiocarbonyl (C=S) groups is 1. The van der Waals surface area contributed by atoms with Crippen molar-refractivity contribution in [3.63, 3.8) is 0 Å². The molecule has 0 unspecified atom stereocenters. The quantitative estimate of drug-likeness (QED) is 0.229. The Morgan fingerprint density at radius 2 is 1.77 bits per heavy atom. The molecule has 154 valence electrons.